The van der Waals surface area contributed by atoms with Gasteiger partial charge in [-0.05, 0) is 18.6 Å². The monoisotopic (exact) mass is 286 g/mol. The summed E-state index contributed by atoms with van der Waals surface area (Å²) in [6, 6.07) is 5.59. The van der Waals surface area contributed by atoms with Crippen LogP contribution in [0.2, 0.25) is 0 Å². The molecule has 1 aromatic rings. The van der Waals surface area contributed by atoms with Crippen LogP contribution in [0.3, 0.4) is 0 Å². The van der Waals surface area contributed by atoms with Gasteiger partial charge in [-0.2, -0.15) is 0 Å². The van der Waals surface area contributed by atoms with E-state index in [2.05, 4.69) is 6.92 Å². The maximum Gasteiger partial charge on any atom is 0.181 e. The summed E-state index contributed by atoms with van der Waals surface area (Å²) in [5, 5.41) is 0. The standard InChI is InChI=1S/C15H23FO2S/c1-2-3-4-5-6-7-10-13-19(17,18)15-12-9-8-11-14(15)16/h8-9,11-12H,2-7,10,13H2,1H3. The maximum absolute atomic E-state index is 13.4. The molecule has 19 heavy (non-hydrogen) atoms. The first-order valence-corrected chi connectivity index (χ1v) is 8.70. The molecule has 0 aliphatic heterocycles. The van der Waals surface area contributed by atoms with Crippen molar-refractivity contribution < 1.29 is 12.8 Å². The minimum Gasteiger partial charge on any atom is -0.224 e. The molecule has 0 amide bonds. The molecule has 0 N–H and O–H groups in total. The molecule has 0 aliphatic rings. The summed E-state index contributed by atoms with van der Waals surface area (Å²) in [6.07, 6.45) is 7.41. The number of rotatable bonds is 9. The molecule has 0 spiro atoms. The Kier molecular flexibility index (Phi) is 7.06. The molecule has 0 aromatic heterocycles. The Morgan fingerprint density at radius 2 is 1.53 bits per heavy atom. The topological polar surface area (TPSA) is 34.1 Å². The third-order valence-corrected chi connectivity index (χ3v) is 5.02. The van der Waals surface area contributed by atoms with Gasteiger partial charge in [-0.15, -0.1) is 0 Å². The highest BCUT2D eigenvalue weighted by molar-refractivity contribution is 7.91. The van der Waals surface area contributed by atoms with Crippen LogP contribution in [-0.4, -0.2) is 14.2 Å². The molecule has 0 atom stereocenters. The Morgan fingerprint density at radius 1 is 0.947 bits per heavy atom. The van der Waals surface area contributed by atoms with Crippen LogP contribution in [0.15, 0.2) is 29.2 Å². The number of benzene rings is 1. The van der Waals surface area contributed by atoms with Crippen LogP contribution in [0, 0.1) is 5.82 Å². The molecule has 0 radical (unpaired) electrons. The molecule has 108 valence electrons. The second-order valence-corrected chi connectivity index (χ2v) is 6.95. The Hall–Kier alpha value is -0.900. The quantitative estimate of drug-likeness (QED) is 0.632. The average molecular weight is 286 g/mol. The molecule has 0 heterocycles. The van der Waals surface area contributed by atoms with Crippen molar-refractivity contribution in [3.8, 4) is 0 Å². The van der Waals surface area contributed by atoms with E-state index in [4.69, 9.17) is 0 Å². The number of halogens is 1. The molecule has 0 bridgehead atoms. The predicted molar refractivity (Wildman–Crippen MR) is 76.4 cm³/mol. The van der Waals surface area contributed by atoms with Gasteiger partial charge in [-0.25, -0.2) is 12.8 Å². The zero-order valence-corrected chi connectivity index (χ0v) is 12.4. The number of sulfone groups is 1. The molecular formula is C15H23FO2S. The van der Waals surface area contributed by atoms with Crippen LogP contribution in [0.1, 0.15) is 51.9 Å². The molecule has 0 fully saturated rings. The minimum absolute atomic E-state index is 0.0434. The summed E-state index contributed by atoms with van der Waals surface area (Å²) in [5.41, 5.74) is 0. The Balaban J connectivity index is 2.34. The predicted octanol–water partition coefficient (Wildman–Crippen LogP) is 4.35. The van der Waals surface area contributed by atoms with E-state index in [0.29, 0.717) is 6.42 Å². The van der Waals surface area contributed by atoms with E-state index in [1.165, 1.54) is 37.5 Å². The third kappa shape index (κ3) is 5.72. The van der Waals surface area contributed by atoms with E-state index < -0.39 is 15.7 Å². The van der Waals surface area contributed by atoms with Gasteiger partial charge in [0.25, 0.3) is 0 Å². The number of unbranched alkanes of at least 4 members (excludes halogenated alkanes) is 6. The van der Waals surface area contributed by atoms with Gasteiger partial charge in [0, 0.05) is 0 Å². The Labute approximate surface area is 116 Å². The van der Waals surface area contributed by atoms with Crippen molar-refractivity contribution in [1.82, 2.24) is 0 Å². The highest BCUT2D eigenvalue weighted by Crippen LogP contribution is 2.17. The van der Waals surface area contributed by atoms with E-state index in [0.717, 1.165) is 19.3 Å². The van der Waals surface area contributed by atoms with E-state index in [-0.39, 0.29) is 10.6 Å². The Bertz CT molecular complexity index is 469. The van der Waals surface area contributed by atoms with Gasteiger partial charge in [0.15, 0.2) is 9.84 Å². The largest absolute Gasteiger partial charge is 0.224 e. The van der Waals surface area contributed by atoms with Crippen LogP contribution in [0.25, 0.3) is 0 Å². The first-order chi connectivity index (χ1) is 9.08. The SMILES string of the molecule is CCCCCCCCCS(=O)(=O)c1ccccc1F. The highest BCUT2D eigenvalue weighted by Gasteiger charge is 2.17. The van der Waals surface area contributed by atoms with Gasteiger partial charge >= 0.3 is 0 Å². The van der Waals surface area contributed by atoms with Gasteiger partial charge in [0.2, 0.25) is 0 Å². The fourth-order valence-electron chi connectivity index (χ4n) is 2.06. The summed E-state index contributed by atoms with van der Waals surface area (Å²) < 4.78 is 37.3. The Morgan fingerprint density at radius 3 is 2.16 bits per heavy atom. The molecule has 0 aliphatic carbocycles. The van der Waals surface area contributed by atoms with Gasteiger partial charge in [0.05, 0.1) is 5.75 Å². The second kappa shape index (κ2) is 8.31. The van der Waals surface area contributed by atoms with Crippen molar-refractivity contribution >= 4 is 9.84 Å². The van der Waals surface area contributed by atoms with E-state index >= 15 is 0 Å². The highest BCUT2D eigenvalue weighted by atomic mass is 32.2. The van der Waals surface area contributed by atoms with Crippen LogP contribution < -0.4 is 0 Å². The third-order valence-electron chi connectivity index (χ3n) is 3.19. The van der Waals surface area contributed by atoms with Crippen molar-refractivity contribution in [2.24, 2.45) is 0 Å². The smallest absolute Gasteiger partial charge is 0.181 e. The molecule has 0 saturated heterocycles. The molecule has 0 unspecified atom stereocenters. The fourth-order valence-corrected chi connectivity index (χ4v) is 3.51. The van der Waals surface area contributed by atoms with Gasteiger partial charge in [0.1, 0.15) is 10.7 Å². The van der Waals surface area contributed by atoms with E-state index in [1.807, 2.05) is 0 Å². The summed E-state index contributed by atoms with van der Waals surface area (Å²) in [6.45, 7) is 2.17. The van der Waals surface area contributed by atoms with Crippen molar-refractivity contribution in [3.05, 3.63) is 30.1 Å². The first kappa shape index (κ1) is 16.2. The zero-order chi connectivity index (χ0) is 14.1. The summed E-state index contributed by atoms with van der Waals surface area (Å²) in [7, 11) is -3.46. The van der Waals surface area contributed by atoms with E-state index in [1.54, 1.807) is 6.07 Å². The van der Waals surface area contributed by atoms with Crippen LogP contribution in [0.5, 0.6) is 0 Å². The fraction of sp³-hybridized carbons (Fsp3) is 0.600. The maximum atomic E-state index is 13.4. The molecule has 2 nitrogen and oxygen atoms in total. The number of hydrogen-bond acceptors (Lipinski definition) is 2. The van der Waals surface area contributed by atoms with Crippen LogP contribution in [0.4, 0.5) is 4.39 Å². The summed E-state index contributed by atoms with van der Waals surface area (Å²) in [5.74, 6) is -0.604. The second-order valence-electron chi connectivity index (χ2n) is 4.87. The van der Waals surface area contributed by atoms with Crippen molar-refractivity contribution in [1.29, 1.82) is 0 Å². The lowest BCUT2D eigenvalue weighted by Crippen LogP contribution is -2.08. The normalized spacial score (nSPS) is 11.7. The lowest BCUT2D eigenvalue weighted by atomic mass is 10.1. The summed E-state index contributed by atoms with van der Waals surface area (Å²) in [4.78, 5) is -0.166. The van der Waals surface area contributed by atoms with Gasteiger partial charge in [-0.3, -0.25) is 0 Å². The van der Waals surface area contributed by atoms with E-state index in [9.17, 15) is 12.8 Å². The van der Waals surface area contributed by atoms with Crippen molar-refractivity contribution in [3.63, 3.8) is 0 Å². The average Bonchev–Trinajstić information content (AvgIpc) is 2.38. The zero-order valence-electron chi connectivity index (χ0n) is 11.6. The lowest BCUT2D eigenvalue weighted by molar-refractivity contribution is 0.560. The van der Waals surface area contributed by atoms with Crippen LogP contribution in [-0.2, 0) is 9.84 Å². The first-order valence-electron chi connectivity index (χ1n) is 7.05. The van der Waals surface area contributed by atoms with Gasteiger partial charge in [-0.1, -0.05) is 57.6 Å². The van der Waals surface area contributed by atoms with Crippen molar-refractivity contribution in [2.45, 2.75) is 56.8 Å². The molecule has 1 aromatic carbocycles. The number of hydrogen-bond donors (Lipinski definition) is 0. The van der Waals surface area contributed by atoms with Gasteiger partial charge < -0.3 is 0 Å². The van der Waals surface area contributed by atoms with Crippen molar-refractivity contribution in [2.75, 3.05) is 5.75 Å². The molecule has 4 heteroatoms. The molecule has 0 saturated carbocycles. The minimum atomic E-state index is -3.46. The molecular weight excluding hydrogens is 263 g/mol. The molecule has 1 rings (SSSR count). The summed E-state index contributed by atoms with van der Waals surface area (Å²) >= 11 is 0. The van der Waals surface area contributed by atoms with Crippen LogP contribution >= 0.6 is 0 Å². The lowest BCUT2D eigenvalue weighted by Gasteiger charge is -2.05.